The number of nitrogens with zero attached hydrogens (tertiary/aromatic N) is 1. The smallest absolute Gasteiger partial charge is 0.0655 e. The van der Waals surface area contributed by atoms with E-state index in [2.05, 4.69) is 32.2 Å². The van der Waals surface area contributed by atoms with Crippen LogP contribution in [0.2, 0.25) is 0 Å². The van der Waals surface area contributed by atoms with Crippen LogP contribution in [0.5, 0.6) is 0 Å². The van der Waals surface area contributed by atoms with E-state index in [0.717, 1.165) is 19.4 Å². The molecule has 86 valence electrons. The first-order valence-electron chi connectivity index (χ1n) is 6.14. The quantitative estimate of drug-likeness (QED) is 0.773. The number of hydrogen-bond acceptors (Lipinski definition) is 2. The fourth-order valence-electron chi connectivity index (χ4n) is 2.08. The molecule has 0 amide bonds. The van der Waals surface area contributed by atoms with Gasteiger partial charge in [-0.05, 0) is 44.1 Å². The van der Waals surface area contributed by atoms with Gasteiger partial charge in [0.25, 0.3) is 0 Å². The van der Waals surface area contributed by atoms with Crippen molar-refractivity contribution in [2.45, 2.75) is 58.9 Å². The molecule has 1 fully saturated rings. The summed E-state index contributed by atoms with van der Waals surface area (Å²) in [6, 6.07) is 3.04. The molecule has 1 aliphatic carbocycles. The highest BCUT2D eigenvalue weighted by atomic mass is 14.9. The van der Waals surface area contributed by atoms with Crippen molar-refractivity contribution in [3.63, 3.8) is 0 Å². The third-order valence-corrected chi connectivity index (χ3v) is 3.22. The van der Waals surface area contributed by atoms with Crippen molar-refractivity contribution in [1.82, 2.24) is 5.32 Å². The molecule has 0 saturated heterocycles. The molecule has 0 atom stereocenters. The topological polar surface area (TPSA) is 35.8 Å². The monoisotopic (exact) mass is 208 g/mol. The van der Waals surface area contributed by atoms with Crippen LogP contribution in [-0.2, 0) is 0 Å². The van der Waals surface area contributed by atoms with Gasteiger partial charge >= 0.3 is 0 Å². The van der Waals surface area contributed by atoms with E-state index in [0.29, 0.717) is 17.4 Å². The van der Waals surface area contributed by atoms with Crippen LogP contribution in [-0.4, -0.2) is 12.6 Å². The van der Waals surface area contributed by atoms with Gasteiger partial charge in [0.05, 0.1) is 6.07 Å². The van der Waals surface area contributed by atoms with Crippen molar-refractivity contribution >= 4 is 0 Å². The number of rotatable bonds is 3. The highest BCUT2D eigenvalue weighted by Gasteiger charge is 2.20. The number of nitriles is 1. The van der Waals surface area contributed by atoms with Crippen LogP contribution >= 0.6 is 0 Å². The summed E-state index contributed by atoms with van der Waals surface area (Å²) in [4.78, 5) is 0. The zero-order chi connectivity index (χ0) is 11.3. The molecule has 1 aliphatic rings. The second-order valence-corrected chi connectivity index (χ2v) is 5.94. The molecule has 0 heterocycles. The Hall–Kier alpha value is -0.550. The molecule has 1 N–H and O–H groups in total. The van der Waals surface area contributed by atoms with Gasteiger partial charge in [-0.2, -0.15) is 5.26 Å². The summed E-state index contributed by atoms with van der Waals surface area (Å²) in [6.07, 6.45) is 5.77. The van der Waals surface area contributed by atoms with E-state index in [1.165, 1.54) is 19.3 Å². The molecule has 15 heavy (non-hydrogen) atoms. The first-order chi connectivity index (χ1) is 7.01. The fourth-order valence-corrected chi connectivity index (χ4v) is 2.08. The van der Waals surface area contributed by atoms with Crippen LogP contribution in [0.15, 0.2) is 0 Å². The number of nitrogens with one attached hydrogen (secondary N) is 1. The van der Waals surface area contributed by atoms with Gasteiger partial charge in [0, 0.05) is 12.0 Å². The summed E-state index contributed by atoms with van der Waals surface area (Å²) in [7, 11) is 0. The van der Waals surface area contributed by atoms with Crippen LogP contribution in [0.25, 0.3) is 0 Å². The van der Waals surface area contributed by atoms with E-state index >= 15 is 0 Å². The fraction of sp³-hybridized carbons (Fsp3) is 0.923. The van der Waals surface area contributed by atoms with E-state index in [4.69, 9.17) is 5.26 Å². The van der Waals surface area contributed by atoms with Crippen LogP contribution < -0.4 is 5.32 Å². The van der Waals surface area contributed by atoms with Gasteiger partial charge in [-0.1, -0.05) is 20.8 Å². The molecule has 0 radical (unpaired) electrons. The number of hydrogen-bond donors (Lipinski definition) is 1. The standard InChI is InChI=1S/C13H24N2/c1-13(2,3)8-9-15-12-6-4-11(10-14)5-7-12/h11-12,15H,4-9H2,1-3H3. The second-order valence-electron chi connectivity index (χ2n) is 5.94. The molecule has 2 heteroatoms. The lowest BCUT2D eigenvalue weighted by molar-refractivity contribution is 0.303. The maximum atomic E-state index is 8.79. The van der Waals surface area contributed by atoms with Crippen molar-refractivity contribution in [2.75, 3.05) is 6.54 Å². The van der Waals surface area contributed by atoms with Crippen LogP contribution in [0, 0.1) is 22.7 Å². The zero-order valence-corrected chi connectivity index (χ0v) is 10.3. The van der Waals surface area contributed by atoms with Gasteiger partial charge in [0.2, 0.25) is 0 Å². The highest BCUT2D eigenvalue weighted by Crippen LogP contribution is 2.24. The molecule has 0 aromatic rings. The summed E-state index contributed by atoms with van der Waals surface area (Å²) < 4.78 is 0. The molecule has 1 rings (SSSR count). The van der Waals surface area contributed by atoms with E-state index in [-0.39, 0.29) is 0 Å². The lowest BCUT2D eigenvalue weighted by Gasteiger charge is -2.27. The summed E-state index contributed by atoms with van der Waals surface area (Å²) in [5.41, 5.74) is 0.427. The minimum Gasteiger partial charge on any atom is -0.314 e. The zero-order valence-electron chi connectivity index (χ0n) is 10.3. The third-order valence-electron chi connectivity index (χ3n) is 3.22. The van der Waals surface area contributed by atoms with E-state index in [1.807, 2.05) is 0 Å². The molecule has 0 aliphatic heterocycles. The minimum absolute atomic E-state index is 0.325. The Morgan fingerprint density at radius 1 is 1.20 bits per heavy atom. The van der Waals surface area contributed by atoms with Crippen LogP contribution in [0.3, 0.4) is 0 Å². The first kappa shape index (κ1) is 12.5. The predicted octanol–water partition coefficient (Wildman–Crippen LogP) is 3.09. The van der Waals surface area contributed by atoms with Gasteiger partial charge in [-0.15, -0.1) is 0 Å². The maximum absolute atomic E-state index is 8.79. The van der Waals surface area contributed by atoms with Crippen molar-refractivity contribution in [1.29, 1.82) is 5.26 Å². The summed E-state index contributed by atoms with van der Waals surface area (Å²) >= 11 is 0. The third kappa shape index (κ3) is 5.18. The lowest BCUT2D eigenvalue weighted by Crippen LogP contribution is -2.34. The first-order valence-corrected chi connectivity index (χ1v) is 6.14. The Labute approximate surface area is 94.1 Å². The van der Waals surface area contributed by atoms with Crippen molar-refractivity contribution < 1.29 is 0 Å². The largest absolute Gasteiger partial charge is 0.314 e. The molecule has 0 bridgehead atoms. The summed E-state index contributed by atoms with van der Waals surface area (Å²) in [5, 5.41) is 12.4. The lowest BCUT2D eigenvalue weighted by atomic mass is 9.86. The Balaban J connectivity index is 2.12. The van der Waals surface area contributed by atoms with Crippen molar-refractivity contribution in [3.05, 3.63) is 0 Å². The summed E-state index contributed by atoms with van der Waals surface area (Å²) in [5.74, 6) is 0.325. The van der Waals surface area contributed by atoms with Gasteiger partial charge in [-0.3, -0.25) is 0 Å². The van der Waals surface area contributed by atoms with E-state index in [9.17, 15) is 0 Å². The molecule has 0 unspecified atom stereocenters. The Morgan fingerprint density at radius 2 is 1.80 bits per heavy atom. The normalized spacial score (nSPS) is 27.3. The Morgan fingerprint density at radius 3 is 2.27 bits per heavy atom. The second kappa shape index (κ2) is 5.51. The average Bonchev–Trinajstić information content (AvgIpc) is 2.17. The molecule has 0 spiro atoms. The SMILES string of the molecule is CC(C)(C)CCNC1CCC(C#N)CC1. The maximum Gasteiger partial charge on any atom is 0.0655 e. The molecule has 2 nitrogen and oxygen atoms in total. The van der Waals surface area contributed by atoms with Crippen LogP contribution in [0.1, 0.15) is 52.9 Å². The van der Waals surface area contributed by atoms with Gasteiger partial charge in [0.1, 0.15) is 0 Å². The Bertz CT molecular complexity index is 214. The van der Waals surface area contributed by atoms with Crippen molar-refractivity contribution in [2.24, 2.45) is 11.3 Å². The molecule has 0 aromatic carbocycles. The van der Waals surface area contributed by atoms with Crippen LogP contribution in [0.4, 0.5) is 0 Å². The molecule has 0 aromatic heterocycles. The van der Waals surface area contributed by atoms with E-state index in [1.54, 1.807) is 0 Å². The predicted molar refractivity (Wildman–Crippen MR) is 63.4 cm³/mol. The van der Waals surface area contributed by atoms with E-state index < -0.39 is 0 Å². The van der Waals surface area contributed by atoms with Gasteiger partial charge in [-0.25, -0.2) is 0 Å². The Kier molecular flexibility index (Phi) is 4.60. The van der Waals surface area contributed by atoms with Gasteiger partial charge in [0.15, 0.2) is 0 Å². The molecule has 1 saturated carbocycles. The molecular formula is C13H24N2. The van der Waals surface area contributed by atoms with Gasteiger partial charge < -0.3 is 5.32 Å². The van der Waals surface area contributed by atoms with Crippen molar-refractivity contribution in [3.8, 4) is 6.07 Å². The minimum atomic E-state index is 0.325. The summed E-state index contributed by atoms with van der Waals surface area (Å²) in [6.45, 7) is 7.95. The molecular weight excluding hydrogens is 184 g/mol. The average molecular weight is 208 g/mol. The highest BCUT2D eigenvalue weighted by molar-refractivity contribution is 4.89.